The van der Waals surface area contributed by atoms with Gasteiger partial charge in [-0.2, -0.15) is 0 Å². The van der Waals surface area contributed by atoms with Gasteiger partial charge in [0, 0.05) is 37.3 Å². The van der Waals surface area contributed by atoms with Gasteiger partial charge < -0.3 is 4.74 Å². The molecule has 1 aliphatic heterocycles. The zero-order valence-corrected chi connectivity index (χ0v) is 16.7. The number of nitrogens with zero attached hydrogens (tertiary/aromatic N) is 4. The van der Waals surface area contributed by atoms with Gasteiger partial charge >= 0.3 is 6.09 Å². The lowest BCUT2D eigenvalue weighted by Crippen LogP contribution is -2.43. The minimum atomic E-state index is -0.348. The SMILES string of the molecule is O=C1OCCCN1C(c1cccc(Br)n1)C(c1cccnc1)c1cccnc1. The molecule has 0 bridgehead atoms. The van der Waals surface area contributed by atoms with Crippen LogP contribution in [-0.2, 0) is 4.74 Å². The fraction of sp³-hybridized carbons (Fsp3) is 0.238. The third kappa shape index (κ3) is 3.89. The lowest BCUT2D eigenvalue weighted by molar-refractivity contribution is 0.0503. The molecule has 4 heterocycles. The third-order valence-corrected chi connectivity index (χ3v) is 5.22. The average Bonchev–Trinajstić information content (AvgIpc) is 2.74. The van der Waals surface area contributed by atoms with Crippen LogP contribution in [0.25, 0.3) is 0 Å². The standard InChI is InChI=1S/C21H19BrN4O2/c22-18-8-1-7-17(25-18)20(26-11-4-12-28-21(26)27)19(15-5-2-9-23-13-15)16-6-3-10-24-14-16/h1-3,5-10,13-14,19-20H,4,11-12H2. The number of amides is 1. The molecule has 1 atom stereocenters. The van der Waals surface area contributed by atoms with Crippen LogP contribution in [0.2, 0.25) is 0 Å². The summed E-state index contributed by atoms with van der Waals surface area (Å²) in [5, 5.41) is 0. The normalized spacial score (nSPS) is 15.4. The summed E-state index contributed by atoms with van der Waals surface area (Å²) in [5.41, 5.74) is 2.76. The maximum Gasteiger partial charge on any atom is 0.410 e. The summed E-state index contributed by atoms with van der Waals surface area (Å²) in [6.45, 7) is 1.05. The number of carbonyl (C=O) groups excluding carboxylic acids is 1. The summed E-state index contributed by atoms with van der Waals surface area (Å²) in [4.78, 5) is 27.8. The van der Waals surface area contributed by atoms with Gasteiger partial charge in [-0.3, -0.25) is 14.9 Å². The van der Waals surface area contributed by atoms with Crippen molar-refractivity contribution in [2.24, 2.45) is 0 Å². The maximum absolute atomic E-state index is 12.7. The first-order chi connectivity index (χ1) is 13.7. The van der Waals surface area contributed by atoms with E-state index in [1.165, 1.54) is 0 Å². The molecule has 3 aromatic rings. The van der Waals surface area contributed by atoms with E-state index in [1.54, 1.807) is 17.3 Å². The summed E-state index contributed by atoms with van der Waals surface area (Å²) in [5.74, 6) is -0.185. The van der Waals surface area contributed by atoms with Crippen molar-refractivity contribution in [1.82, 2.24) is 19.9 Å². The molecule has 1 unspecified atom stereocenters. The number of cyclic esters (lactones) is 1. The molecule has 7 heteroatoms. The lowest BCUT2D eigenvalue weighted by atomic mass is 9.83. The number of ether oxygens (including phenoxy) is 1. The molecule has 0 aliphatic carbocycles. The highest BCUT2D eigenvalue weighted by Gasteiger charge is 2.37. The Morgan fingerprint density at radius 1 is 1.00 bits per heavy atom. The zero-order valence-electron chi connectivity index (χ0n) is 15.1. The van der Waals surface area contributed by atoms with Crippen LogP contribution in [0.1, 0.15) is 35.2 Å². The Balaban J connectivity index is 1.89. The second kappa shape index (κ2) is 8.48. The molecule has 1 saturated heterocycles. The van der Waals surface area contributed by atoms with Crippen molar-refractivity contribution in [2.75, 3.05) is 13.2 Å². The predicted octanol–water partition coefficient (Wildman–Crippen LogP) is 4.35. The number of halogens is 1. The van der Waals surface area contributed by atoms with E-state index in [4.69, 9.17) is 4.74 Å². The van der Waals surface area contributed by atoms with Gasteiger partial charge in [-0.15, -0.1) is 0 Å². The van der Waals surface area contributed by atoms with Gasteiger partial charge in [0.1, 0.15) is 4.60 Å². The second-order valence-corrected chi connectivity index (χ2v) is 7.35. The molecule has 1 amide bonds. The first kappa shape index (κ1) is 18.6. The minimum absolute atomic E-state index is 0.185. The van der Waals surface area contributed by atoms with E-state index in [9.17, 15) is 4.79 Å². The monoisotopic (exact) mass is 438 g/mol. The predicted molar refractivity (Wildman–Crippen MR) is 108 cm³/mol. The zero-order chi connectivity index (χ0) is 19.3. The number of pyridine rings is 3. The first-order valence-corrected chi connectivity index (χ1v) is 9.89. The van der Waals surface area contributed by atoms with Gasteiger partial charge in [-0.1, -0.05) is 18.2 Å². The van der Waals surface area contributed by atoms with Crippen molar-refractivity contribution in [2.45, 2.75) is 18.4 Å². The van der Waals surface area contributed by atoms with Gasteiger partial charge in [0.15, 0.2) is 0 Å². The van der Waals surface area contributed by atoms with E-state index in [-0.39, 0.29) is 18.1 Å². The average molecular weight is 439 g/mol. The number of hydrogen-bond donors (Lipinski definition) is 0. The minimum Gasteiger partial charge on any atom is -0.449 e. The van der Waals surface area contributed by atoms with Gasteiger partial charge in [-0.25, -0.2) is 9.78 Å². The lowest BCUT2D eigenvalue weighted by Gasteiger charge is -2.38. The summed E-state index contributed by atoms with van der Waals surface area (Å²) in [7, 11) is 0. The van der Waals surface area contributed by atoms with Crippen LogP contribution in [-0.4, -0.2) is 39.1 Å². The van der Waals surface area contributed by atoms with Gasteiger partial charge in [0.25, 0.3) is 0 Å². The van der Waals surface area contributed by atoms with Crippen molar-refractivity contribution in [3.8, 4) is 0 Å². The molecule has 0 spiro atoms. The fourth-order valence-corrected chi connectivity index (χ4v) is 3.95. The molecule has 28 heavy (non-hydrogen) atoms. The van der Waals surface area contributed by atoms with E-state index in [2.05, 4.69) is 30.9 Å². The molecule has 4 rings (SSSR count). The van der Waals surface area contributed by atoms with Crippen molar-refractivity contribution in [3.05, 3.63) is 88.7 Å². The second-order valence-electron chi connectivity index (χ2n) is 6.54. The Morgan fingerprint density at radius 2 is 1.71 bits per heavy atom. The van der Waals surface area contributed by atoms with Crippen molar-refractivity contribution in [1.29, 1.82) is 0 Å². The van der Waals surface area contributed by atoms with E-state index in [0.717, 1.165) is 27.8 Å². The van der Waals surface area contributed by atoms with Gasteiger partial charge in [0.05, 0.1) is 18.3 Å². The molecule has 1 aliphatic rings. The van der Waals surface area contributed by atoms with Crippen molar-refractivity contribution >= 4 is 22.0 Å². The molecular weight excluding hydrogens is 420 g/mol. The number of carbonyl (C=O) groups is 1. The van der Waals surface area contributed by atoms with Gasteiger partial charge in [-0.05, 0) is 57.7 Å². The summed E-state index contributed by atoms with van der Waals surface area (Å²) in [6.07, 6.45) is 7.60. The third-order valence-electron chi connectivity index (χ3n) is 4.78. The number of aromatic nitrogens is 3. The van der Waals surface area contributed by atoms with Crippen molar-refractivity contribution in [3.63, 3.8) is 0 Å². The van der Waals surface area contributed by atoms with Crippen LogP contribution < -0.4 is 0 Å². The Hall–Kier alpha value is -2.80. The van der Waals surface area contributed by atoms with Crippen LogP contribution in [0.15, 0.2) is 71.9 Å². The van der Waals surface area contributed by atoms with Crippen molar-refractivity contribution < 1.29 is 9.53 Å². The Morgan fingerprint density at radius 3 is 2.29 bits per heavy atom. The smallest absolute Gasteiger partial charge is 0.410 e. The fourth-order valence-electron chi connectivity index (χ4n) is 3.60. The molecule has 6 nitrogen and oxygen atoms in total. The Kier molecular flexibility index (Phi) is 5.62. The summed E-state index contributed by atoms with van der Waals surface area (Å²) < 4.78 is 6.08. The molecule has 0 saturated carbocycles. The number of rotatable bonds is 5. The highest BCUT2D eigenvalue weighted by Crippen LogP contribution is 2.41. The highest BCUT2D eigenvalue weighted by atomic mass is 79.9. The van der Waals surface area contributed by atoms with Crippen LogP contribution in [0.5, 0.6) is 0 Å². The van der Waals surface area contributed by atoms with Gasteiger partial charge in [0.2, 0.25) is 0 Å². The molecular formula is C21H19BrN4O2. The molecule has 0 aromatic carbocycles. The summed E-state index contributed by atoms with van der Waals surface area (Å²) >= 11 is 3.46. The van der Waals surface area contributed by atoms with Crippen LogP contribution in [0.4, 0.5) is 4.79 Å². The number of hydrogen-bond acceptors (Lipinski definition) is 5. The Bertz CT molecular complexity index is 900. The topological polar surface area (TPSA) is 68.2 Å². The van der Waals surface area contributed by atoms with E-state index in [1.807, 2.05) is 54.9 Å². The summed E-state index contributed by atoms with van der Waals surface area (Å²) in [6, 6.07) is 13.2. The molecule has 142 valence electrons. The molecule has 3 aromatic heterocycles. The van der Waals surface area contributed by atoms with E-state index >= 15 is 0 Å². The Labute approximate surface area is 171 Å². The van der Waals surface area contributed by atoms with Crippen LogP contribution in [0, 0.1) is 0 Å². The maximum atomic E-state index is 12.7. The molecule has 0 N–H and O–H groups in total. The van der Waals surface area contributed by atoms with Crippen LogP contribution >= 0.6 is 15.9 Å². The highest BCUT2D eigenvalue weighted by molar-refractivity contribution is 9.10. The first-order valence-electron chi connectivity index (χ1n) is 9.10. The largest absolute Gasteiger partial charge is 0.449 e. The van der Waals surface area contributed by atoms with E-state index in [0.29, 0.717) is 13.2 Å². The quantitative estimate of drug-likeness (QED) is 0.553. The molecule has 1 fully saturated rings. The molecule has 0 radical (unpaired) electrons. The van der Waals surface area contributed by atoms with Crippen LogP contribution in [0.3, 0.4) is 0 Å². The van der Waals surface area contributed by atoms with E-state index < -0.39 is 0 Å².